The van der Waals surface area contributed by atoms with Crippen LogP contribution in [0, 0.1) is 0 Å². The summed E-state index contributed by atoms with van der Waals surface area (Å²) >= 11 is 18.9. The van der Waals surface area contributed by atoms with Crippen molar-refractivity contribution in [2.75, 3.05) is 39.3 Å². The van der Waals surface area contributed by atoms with E-state index in [1.54, 1.807) is 23.3 Å². The number of amides is 1. The van der Waals surface area contributed by atoms with E-state index < -0.39 is 6.04 Å². The van der Waals surface area contributed by atoms with Gasteiger partial charge in [-0.2, -0.15) is 5.10 Å². The molecule has 0 saturated carbocycles. The number of carbonyl (C=O) groups excluding carboxylic acids is 1. The van der Waals surface area contributed by atoms with Crippen molar-refractivity contribution >= 4 is 47.0 Å². The van der Waals surface area contributed by atoms with Crippen molar-refractivity contribution < 1.29 is 9.53 Å². The molecule has 2 saturated heterocycles. The standard InChI is InChI=1S/C26H31Cl3N6O2/c27-19-4-6-22(23(29)15-19)25(35-31-17-30-32-35)26(36)34-11-7-18(8-12-34)21-5-3-20(28)16-24(21)37-14-13-33-9-1-2-10-33/h3-6,15-18,25,32H,1-2,7-14H2,(H,30,31). The molecule has 0 spiro atoms. The Kier molecular flexibility index (Phi) is 8.62. The molecular formula is C26H31Cl3N6O2. The number of halogens is 3. The lowest BCUT2D eigenvalue weighted by atomic mass is 9.88. The van der Waals surface area contributed by atoms with E-state index >= 15 is 0 Å². The van der Waals surface area contributed by atoms with Crippen LogP contribution in [0.25, 0.3) is 0 Å². The van der Waals surface area contributed by atoms with Crippen molar-refractivity contribution in [2.45, 2.75) is 37.6 Å². The zero-order chi connectivity index (χ0) is 25.8. The van der Waals surface area contributed by atoms with Crippen LogP contribution in [0.2, 0.25) is 15.1 Å². The number of hydrogen-bond acceptors (Lipinski definition) is 7. The lowest BCUT2D eigenvalue weighted by Crippen LogP contribution is -2.51. The molecule has 3 aliphatic rings. The monoisotopic (exact) mass is 564 g/mol. The minimum Gasteiger partial charge on any atom is -0.492 e. The molecule has 0 radical (unpaired) electrons. The topological polar surface area (TPSA) is 72.4 Å². The Morgan fingerprint density at radius 1 is 1.03 bits per heavy atom. The smallest absolute Gasteiger partial charge is 0.248 e. The van der Waals surface area contributed by atoms with Gasteiger partial charge in [-0.3, -0.25) is 15.1 Å². The summed E-state index contributed by atoms with van der Waals surface area (Å²) in [5.74, 6) is 1.07. The molecule has 5 rings (SSSR count). The molecule has 3 heterocycles. The summed E-state index contributed by atoms with van der Waals surface area (Å²) in [5.41, 5.74) is 7.59. The first-order valence-corrected chi connectivity index (χ1v) is 13.8. The first-order chi connectivity index (χ1) is 18.0. The second kappa shape index (κ2) is 12.1. The average molecular weight is 566 g/mol. The van der Waals surface area contributed by atoms with Gasteiger partial charge in [-0.15, -0.1) is 5.12 Å². The van der Waals surface area contributed by atoms with Gasteiger partial charge in [0.1, 0.15) is 18.7 Å². The summed E-state index contributed by atoms with van der Waals surface area (Å²) in [4.78, 5) is 18.1. The molecule has 37 heavy (non-hydrogen) atoms. The van der Waals surface area contributed by atoms with E-state index in [0.717, 1.165) is 43.8 Å². The molecule has 2 N–H and O–H groups in total. The Morgan fingerprint density at radius 3 is 2.46 bits per heavy atom. The second-order valence-electron chi connectivity index (χ2n) is 9.60. The number of rotatable bonds is 8. The van der Waals surface area contributed by atoms with Crippen molar-refractivity contribution in [1.82, 2.24) is 25.9 Å². The largest absolute Gasteiger partial charge is 0.492 e. The number of hydrogen-bond donors (Lipinski definition) is 2. The van der Waals surface area contributed by atoms with Crippen molar-refractivity contribution in [3.8, 4) is 5.75 Å². The zero-order valence-electron chi connectivity index (χ0n) is 20.5. The molecule has 0 aliphatic carbocycles. The van der Waals surface area contributed by atoms with Crippen LogP contribution >= 0.6 is 34.8 Å². The molecular weight excluding hydrogens is 535 g/mol. The van der Waals surface area contributed by atoms with Gasteiger partial charge in [0.25, 0.3) is 0 Å². The van der Waals surface area contributed by atoms with Crippen molar-refractivity contribution in [2.24, 2.45) is 5.10 Å². The van der Waals surface area contributed by atoms with Gasteiger partial charge in [0.15, 0.2) is 6.04 Å². The van der Waals surface area contributed by atoms with Crippen LogP contribution in [0.1, 0.15) is 48.8 Å². The molecule has 8 nitrogen and oxygen atoms in total. The number of likely N-dealkylation sites (tertiary alicyclic amines) is 2. The third-order valence-corrected chi connectivity index (χ3v) is 8.06. The molecule has 11 heteroatoms. The highest BCUT2D eigenvalue weighted by Crippen LogP contribution is 2.37. The maximum Gasteiger partial charge on any atom is 0.248 e. The minimum atomic E-state index is -0.705. The number of hydrazine groups is 2. The van der Waals surface area contributed by atoms with E-state index in [0.29, 0.717) is 40.3 Å². The lowest BCUT2D eigenvalue weighted by Gasteiger charge is -2.37. The van der Waals surface area contributed by atoms with Gasteiger partial charge in [-0.05, 0) is 74.5 Å². The van der Waals surface area contributed by atoms with Crippen LogP contribution in [-0.4, -0.2) is 66.5 Å². The first-order valence-electron chi connectivity index (χ1n) is 12.7. The number of piperidine rings is 1. The average Bonchev–Trinajstić information content (AvgIpc) is 3.61. The van der Waals surface area contributed by atoms with Crippen LogP contribution in [0.5, 0.6) is 5.75 Å². The van der Waals surface area contributed by atoms with Gasteiger partial charge in [-0.1, -0.05) is 46.9 Å². The SMILES string of the molecule is O=C(C(c1ccc(Cl)cc1Cl)N1NC=NN1)N1CCC(c2ccc(Cl)cc2OCCN2CCCC2)CC1. The van der Waals surface area contributed by atoms with Gasteiger partial charge in [0.2, 0.25) is 5.91 Å². The zero-order valence-corrected chi connectivity index (χ0v) is 22.8. The molecule has 3 aliphatic heterocycles. The van der Waals surface area contributed by atoms with E-state index in [2.05, 4.69) is 27.0 Å². The van der Waals surface area contributed by atoms with E-state index in [4.69, 9.17) is 39.5 Å². The summed E-state index contributed by atoms with van der Waals surface area (Å²) in [6.45, 7) is 5.11. The predicted molar refractivity (Wildman–Crippen MR) is 147 cm³/mol. The quantitative estimate of drug-likeness (QED) is 0.477. The summed E-state index contributed by atoms with van der Waals surface area (Å²) in [6, 6.07) is 10.4. The molecule has 0 aromatic heterocycles. The highest BCUT2D eigenvalue weighted by Gasteiger charge is 2.36. The minimum absolute atomic E-state index is 0.0636. The summed E-state index contributed by atoms with van der Waals surface area (Å²) in [5, 5.41) is 7.14. The third kappa shape index (κ3) is 6.26. The molecule has 1 amide bonds. The molecule has 198 valence electrons. The molecule has 2 aromatic carbocycles. The Bertz CT molecular complexity index is 1130. The summed E-state index contributed by atoms with van der Waals surface area (Å²) < 4.78 is 6.22. The van der Waals surface area contributed by atoms with E-state index in [1.807, 2.05) is 17.0 Å². The van der Waals surface area contributed by atoms with Gasteiger partial charge in [0.05, 0.1) is 0 Å². The lowest BCUT2D eigenvalue weighted by molar-refractivity contribution is -0.140. The number of ether oxygens (including phenoxy) is 1. The maximum absolute atomic E-state index is 13.8. The molecule has 0 bridgehead atoms. The Morgan fingerprint density at radius 2 is 1.76 bits per heavy atom. The Hall–Kier alpha value is -2.23. The van der Waals surface area contributed by atoms with Crippen molar-refractivity contribution in [1.29, 1.82) is 0 Å². The highest BCUT2D eigenvalue weighted by atomic mass is 35.5. The number of carbonyl (C=O) groups is 1. The van der Waals surface area contributed by atoms with Crippen molar-refractivity contribution in [3.05, 3.63) is 62.6 Å². The number of nitrogens with one attached hydrogen (secondary N) is 2. The van der Waals surface area contributed by atoms with E-state index in [-0.39, 0.29) is 11.8 Å². The van der Waals surface area contributed by atoms with Crippen LogP contribution in [0.4, 0.5) is 0 Å². The fourth-order valence-corrected chi connectivity index (χ4v) is 5.97. The van der Waals surface area contributed by atoms with Crippen LogP contribution in [-0.2, 0) is 4.79 Å². The Balaban J connectivity index is 1.25. The van der Waals surface area contributed by atoms with Gasteiger partial charge in [-0.25, -0.2) is 5.53 Å². The third-order valence-electron chi connectivity index (χ3n) is 7.26. The van der Waals surface area contributed by atoms with Gasteiger partial charge >= 0.3 is 0 Å². The van der Waals surface area contributed by atoms with Crippen LogP contribution < -0.4 is 15.7 Å². The number of nitrogens with zero attached hydrogens (tertiary/aromatic N) is 4. The van der Waals surface area contributed by atoms with Gasteiger partial charge < -0.3 is 9.64 Å². The first kappa shape index (κ1) is 26.4. The predicted octanol–water partition coefficient (Wildman–Crippen LogP) is 4.84. The summed E-state index contributed by atoms with van der Waals surface area (Å²) in [6.07, 6.45) is 5.67. The molecule has 2 fully saturated rings. The number of hydrazone groups is 1. The molecule has 2 aromatic rings. The normalized spacial score (nSPS) is 19.6. The van der Waals surface area contributed by atoms with Crippen LogP contribution in [0.15, 0.2) is 41.5 Å². The van der Waals surface area contributed by atoms with Gasteiger partial charge in [0, 0.05) is 40.3 Å². The van der Waals surface area contributed by atoms with E-state index in [1.165, 1.54) is 19.2 Å². The summed E-state index contributed by atoms with van der Waals surface area (Å²) in [7, 11) is 0. The highest BCUT2D eigenvalue weighted by molar-refractivity contribution is 6.35. The number of benzene rings is 2. The maximum atomic E-state index is 13.8. The fraction of sp³-hybridized carbons (Fsp3) is 0.462. The molecule has 1 unspecified atom stereocenters. The van der Waals surface area contributed by atoms with E-state index in [9.17, 15) is 4.79 Å². The van der Waals surface area contributed by atoms with Crippen molar-refractivity contribution in [3.63, 3.8) is 0 Å². The molecule has 1 atom stereocenters. The second-order valence-corrected chi connectivity index (χ2v) is 10.9. The fourth-order valence-electron chi connectivity index (χ4n) is 5.29. The van der Waals surface area contributed by atoms with Crippen LogP contribution in [0.3, 0.4) is 0 Å². The Labute approximate surface area is 232 Å².